The van der Waals surface area contributed by atoms with Gasteiger partial charge in [0.05, 0.1) is 0 Å². The fraction of sp³-hybridized carbons (Fsp3) is 0.381. The van der Waals surface area contributed by atoms with E-state index in [0.717, 1.165) is 24.3 Å². The number of fused-ring (bicyclic) bond motifs is 1. The van der Waals surface area contributed by atoms with Crippen molar-refractivity contribution in [3.63, 3.8) is 0 Å². The molecule has 4 rings (SSSR count). The van der Waals surface area contributed by atoms with Gasteiger partial charge in [0.2, 0.25) is 0 Å². The number of nitrogens with one attached hydrogen (secondary N) is 1. The summed E-state index contributed by atoms with van der Waals surface area (Å²) in [6, 6.07) is 18.9. The van der Waals surface area contributed by atoms with E-state index in [9.17, 15) is 4.79 Å². The van der Waals surface area contributed by atoms with E-state index in [4.69, 9.17) is 0 Å². The fourth-order valence-electron chi connectivity index (χ4n) is 4.39. The molecule has 3 nitrogen and oxygen atoms in total. The zero-order valence-corrected chi connectivity index (χ0v) is 14.1. The third-order valence-corrected chi connectivity index (χ3v) is 5.58. The van der Waals surface area contributed by atoms with Crippen LogP contribution >= 0.6 is 0 Å². The Kier molecular flexibility index (Phi) is 4.01. The highest BCUT2D eigenvalue weighted by Crippen LogP contribution is 2.46. The minimum atomic E-state index is 0.0475. The molecule has 3 heteroatoms. The van der Waals surface area contributed by atoms with E-state index in [1.54, 1.807) is 0 Å². The molecular weight excluding hydrogens is 296 g/mol. The van der Waals surface area contributed by atoms with Crippen molar-refractivity contribution in [2.24, 2.45) is 11.8 Å². The van der Waals surface area contributed by atoms with Crippen molar-refractivity contribution in [3.8, 4) is 0 Å². The Bertz CT molecular complexity index is 714. The van der Waals surface area contributed by atoms with Crippen molar-refractivity contribution < 1.29 is 4.79 Å². The van der Waals surface area contributed by atoms with Crippen LogP contribution in [0.25, 0.3) is 0 Å². The molecule has 0 spiro atoms. The largest absolute Gasteiger partial charge is 0.324 e. The summed E-state index contributed by atoms with van der Waals surface area (Å²) in [6.45, 7) is 3.83. The lowest BCUT2D eigenvalue weighted by Gasteiger charge is -2.20. The van der Waals surface area contributed by atoms with Crippen LogP contribution in [0.15, 0.2) is 54.6 Å². The molecule has 0 unspecified atom stereocenters. The van der Waals surface area contributed by atoms with Crippen molar-refractivity contribution in [1.82, 2.24) is 4.90 Å². The number of anilines is 1. The number of nitrogens with zero attached hydrogens (tertiary/aromatic N) is 1. The van der Waals surface area contributed by atoms with Gasteiger partial charge in [-0.3, -0.25) is 0 Å². The standard InChI is InChI=1S/C21H24N2O/c1-15-6-5-9-20(10-15)22-21(24)23-13-18-11-17(12-19(18)14-23)16-7-3-2-4-8-16/h2-10,17-19H,11-14H2,1H3,(H,22,24)/t17-,18-,19+. The summed E-state index contributed by atoms with van der Waals surface area (Å²) in [7, 11) is 0. The van der Waals surface area contributed by atoms with Crippen molar-refractivity contribution >= 4 is 11.7 Å². The average Bonchev–Trinajstić information content (AvgIpc) is 3.14. The summed E-state index contributed by atoms with van der Waals surface area (Å²) in [5.74, 6) is 1.97. The molecule has 0 bridgehead atoms. The van der Waals surface area contributed by atoms with Crippen molar-refractivity contribution in [1.29, 1.82) is 0 Å². The Morgan fingerprint density at radius 1 is 1.00 bits per heavy atom. The summed E-state index contributed by atoms with van der Waals surface area (Å²) >= 11 is 0. The van der Waals surface area contributed by atoms with E-state index in [-0.39, 0.29) is 6.03 Å². The van der Waals surface area contributed by atoms with Gasteiger partial charge in [-0.15, -0.1) is 0 Å². The lowest BCUT2D eigenvalue weighted by atomic mass is 9.96. The van der Waals surface area contributed by atoms with Crippen molar-refractivity contribution in [2.75, 3.05) is 18.4 Å². The van der Waals surface area contributed by atoms with Gasteiger partial charge in [0, 0.05) is 18.8 Å². The van der Waals surface area contributed by atoms with E-state index in [1.807, 2.05) is 36.1 Å². The highest BCUT2D eigenvalue weighted by Gasteiger charge is 2.42. The number of aryl methyl sites for hydroxylation is 1. The number of hydrogen-bond donors (Lipinski definition) is 1. The molecule has 2 aromatic rings. The summed E-state index contributed by atoms with van der Waals surface area (Å²) in [5, 5.41) is 3.04. The van der Waals surface area contributed by atoms with E-state index >= 15 is 0 Å². The smallest absolute Gasteiger partial charge is 0.321 e. The maximum Gasteiger partial charge on any atom is 0.321 e. The molecule has 1 aliphatic heterocycles. The summed E-state index contributed by atoms with van der Waals surface area (Å²) in [5.41, 5.74) is 3.51. The van der Waals surface area contributed by atoms with Gasteiger partial charge in [-0.1, -0.05) is 42.5 Å². The number of hydrogen-bond acceptors (Lipinski definition) is 1. The Labute approximate surface area is 143 Å². The van der Waals surface area contributed by atoms with E-state index in [2.05, 4.69) is 35.6 Å². The molecule has 0 radical (unpaired) electrons. The third kappa shape index (κ3) is 3.03. The molecule has 2 fully saturated rings. The monoisotopic (exact) mass is 320 g/mol. The number of rotatable bonds is 2. The summed E-state index contributed by atoms with van der Waals surface area (Å²) in [4.78, 5) is 14.5. The van der Waals surface area contributed by atoms with Crippen LogP contribution in [0.3, 0.4) is 0 Å². The molecule has 124 valence electrons. The molecule has 1 saturated carbocycles. The molecule has 1 aliphatic carbocycles. The van der Waals surface area contributed by atoms with Crippen molar-refractivity contribution in [3.05, 3.63) is 65.7 Å². The zero-order valence-electron chi connectivity index (χ0n) is 14.1. The molecule has 24 heavy (non-hydrogen) atoms. The molecule has 1 N–H and O–H groups in total. The predicted octanol–water partition coefficient (Wildman–Crippen LogP) is 4.65. The van der Waals surface area contributed by atoms with Crippen LogP contribution in [0.4, 0.5) is 10.5 Å². The first-order valence-corrected chi connectivity index (χ1v) is 8.86. The molecule has 1 saturated heterocycles. The second kappa shape index (κ2) is 6.31. The summed E-state index contributed by atoms with van der Waals surface area (Å²) < 4.78 is 0. The lowest BCUT2D eigenvalue weighted by Crippen LogP contribution is -2.33. The maximum atomic E-state index is 12.5. The second-order valence-corrected chi connectivity index (χ2v) is 7.30. The average molecular weight is 320 g/mol. The van der Waals surface area contributed by atoms with Crippen LogP contribution in [-0.4, -0.2) is 24.0 Å². The van der Waals surface area contributed by atoms with Crippen LogP contribution in [-0.2, 0) is 0 Å². The number of benzene rings is 2. The van der Waals surface area contributed by atoms with Gasteiger partial charge >= 0.3 is 6.03 Å². The molecule has 2 amide bonds. The van der Waals surface area contributed by atoms with Crippen LogP contribution in [0.5, 0.6) is 0 Å². The van der Waals surface area contributed by atoms with Crippen molar-refractivity contribution in [2.45, 2.75) is 25.7 Å². The number of carbonyl (C=O) groups is 1. The van der Waals surface area contributed by atoms with Crippen LogP contribution in [0.2, 0.25) is 0 Å². The van der Waals surface area contributed by atoms with Gasteiger partial charge in [0.15, 0.2) is 0 Å². The van der Waals surface area contributed by atoms with Crippen LogP contribution in [0, 0.1) is 18.8 Å². The Morgan fingerprint density at radius 3 is 2.38 bits per heavy atom. The van der Waals surface area contributed by atoms with E-state index in [1.165, 1.54) is 18.4 Å². The topological polar surface area (TPSA) is 32.3 Å². The third-order valence-electron chi connectivity index (χ3n) is 5.58. The molecule has 0 aromatic heterocycles. The molecular formula is C21H24N2O. The van der Waals surface area contributed by atoms with Gasteiger partial charge < -0.3 is 10.2 Å². The predicted molar refractivity (Wildman–Crippen MR) is 97.2 cm³/mol. The normalized spacial score (nSPS) is 25.5. The lowest BCUT2D eigenvalue weighted by molar-refractivity contribution is 0.218. The highest BCUT2D eigenvalue weighted by atomic mass is 16.2. The number of carbonyl (C=O) groups excluding carboxylic acids is 1. The van der Waals surface area contributed by atoms with Gasteiger partial charge in [0.1, 0.15) is 0 Å². The Morgan fingerprint density at radius 2 is 1.71 bits per heavy atom. The minimum Gasteiger partial charge on any atom is -0.324 e. The van der Waals surface area contributed by atoms with Crippen LogP contribution in [0.1, 0.15) is 29.9 Å². The molecule has 2 aliphatic rings. The quantitative estimate of drug-likeness (QED) is 0.858. The second-order valence-electron chi connectivity index (χ2n) is 7.30. The maximum absolute atomic E-state index is 12.5. The Balaban J connectivity index is 1.36. The zero-order chi connectivity index (χ0) is 16.5. The molecule has 3 atom stereocenters. The molecule has 2 aromatic carbocycles. The minimum absolute atomic E-state index is 0.0475. The first-order valence-electron chi connectivity index (χ1n) is 8.86. The fourth-order valence-corrected chi connectivity index (χ4v) is 4.39. The first-order chi connectivity index (χ1) is 11.7. The summed E-state index contributed by atoms with van der Waals surface area (Å²) in [6.07, 6.45) is 2.42. The highest BCUT2D eigenvalue weighted by molar-refractivity contribution is 5.89. The number of urea groups is 1. The van der Waals surface area contributed by atoms with E-state index in [0.29, 0.717) is 17.8 Å². The SMILES string of the molecule is Cc1cccc(NC(=O)N2C[C@H]3C[C@@H](c4ccccc4)C[C@H]3C2)c1. The van der Waals surface area contributed by atoms with Gasteiger partial charge in [-0.2, -0.15) is 0 Å². The first kappa shape index (κ1) is 15.3. The van der Waals surface area contributed by atoms with Crippen LogP contribution < -0.4 is 5.32 Å². The van der Waals surface area contributed by atoms with Gasteiger partial charge in [0.25, 0.3) is 0 Å². The Hall–Kier alpha value is -2.29. The number of likely N-dealkylation sites (tertiary alicyclic amines) is 1. The van der Waals surface area contributed by atoms with Gasteiger partial charge in [-0.25, -0.2) is 4.79 Å². The molecule has 1 heterocycles. The number of amides is 2. The van der Waals surface area contributed by atoms with Gasteiger partial charge in [-0.05, 0) is 60.8 Å². The van der Waals surface area contributed by atoms with E-state index < -0.39 is 0 Å².